The van der Waals surface area contributed by atoms with E-state index in [0.29, 0.717) is 13.0 Å². The Bertz CT molecular complexity index is 585. The summed E-state index contributed by atoms with van der Waals surface area (Å²) in [5, 5.41) is 7.72. The van der Waals surface area contributed by atoms with Gasteiger partial charge in [-0.3, -0.25) is 14.2 Å². The van der Waals surface area contributed by atoms with Crippen LogP contribution in [-0.2, 0) is 20.0 Å². The lowest BCUT2D eigenvalue weighted by Crippen LogP contribution is -2.22. The van der Waals surface area contributed by atoms with E-state index in [1.165, 1.54) is 4.68 Å². The van der Waals surface area contributed by atoms with Gasteiger partial charge in [0.25, 0.3) is 5.78 Å². The van der Waals surface area contributed by atoms with Gasteiger partial charge in [-0.15, -0.1) is 0 Å². The zero-order valence-electron chi connectivity index (χ0n) is 10.1. The highest BCUT2D eigenvalue weighted by atomic mass is 19.4. The lowest BCUT2D eigenvalue weighted by Gasteiger charge is -2.01. The Kier molecular flexibility index (Phi) is 3.41. The molecule has 8 heteroatoms. The van der Waals surface area contributed by atoms with Crippen LogP contribution in [0.25, 0.3) is 0 Å². The van der Waals surface area contributed by atoms with Crippen LogP contribution < -0.4 is 0 Å². The van der Waals surface area contributed by atoms with Gasteiger partial charge in [-0.05, 0) is 12.0 Å². The summed E-state index contributed by atoms with van der Waals surface area (Å²) in [5.74, 6) is -1.87. The largest absolute Gasteiger partial charge is 0.454 e. The number of alkyl halides is 3. The van der Waals surface area contributed by atoms with Crippen LogP contribution in [0.15, 0.2) is 24.8 Å². The molecule has 0 fully saturated rings. The van der Waals surface area contributed by atoms with Gasteiger partial charge in [0.1, 0.15) is 0 Å². The number of halogens is 3. The first-order valence-corrected chi connectivity index (χ1v) is 5.48. The Hall–Kier alpha value is -2.12. The van der Waals surface area contributed by atoms with Gasteiger partial charge >= 0.3 is 6.18 Å². The molecule has 0 bridgehead atoms. The van der Waals surface area contributed by atoms with Crippen molar-refractivity contribution in [1.82, 2.24) is 19.6 Å². The van der Waals surface area contributed by atoms with Crippen molar-refractivity contribution in [3.63, 3.8) is 0 Å². The normalized spacial score (nSPS) is 11.8. The highest BCUT2D eigenvalue weighted by Gasteiger charge is 2.39. The first kappa shape index (κ1) is 13.3. The quantitative estimate of drug-likeness (QED) is 0.794. The third-order valence-corrected chi connectivity index (χ3v) is 2.54. The number of carbonyl (C=O) groups excluding carboxylic acids is 1. The van der Waals surface area contributed by atoms with Crippen molar-refractivity contribution in [2.45, 2.75) is 19.1 Å². The standard InChI is InChI=1S/C11H11F3N4O/c1-17-6-8(4-15-17)2-3-18-7-9(5-16-18)10(19)11(12,13)14/h4-7H,2-3H2,1H3. The van der Waals surface area contributed by atoms with Crippen LogP contribution in [-0.4, -0.2) is 31.5 Å². The minimum absolute atomic E-state index is 0.386. The summed E-state index contributed by atoms with van der Waals surface area (Å²) in [4.78, 5) is 11.0. The molecule has 0 aliphatic carbocycles. The number of carbonyl (C=O) groups is 1. The Morgan fingerprint density at radius 3 is 2.58 bits per heavy atom. The van der Waals surface area contributed by atoms with Crippen LogP contribution >= 0.6 is 0 Å². The summed E-state index contributed by atoms with van der Waals surface area (Å²) < 4.78 is 39.5. The molecule has 19 heavy (non-hydrogen) atoms. The van der Waals surface area contributed by atoms with Crippen molar-refractivity contribution in [2.75, 3.05) is 0 Å². The van der Waals surface area contributed by atoms with Crippen LogP contribution in [0.5, 0.6) is 0 Å². The molecule has 0 saturated carbocycles. The van der Waals surface area contributed by atoms with E-state index in [0.717, 1.165) is 18.0 Å². The van der Waals surface area contributed by atoms with Crippen LogP contribution in [0.3, 0.4) is 0 Å². The molecule has 0 aliphatic rings. The molecule has 2 aromatic heterocycles. The summed E-state index contributed by atoms with van der Waals surface area (Å²) in [6.07, 6.45) is 1.23. The van der Waals surface area contributed by atoms with E-state index >= 15 is 0 Å². The van der Waals surface area contributed by atoms with Crippen molar-refractivity contribution < 1.29 is 18.0 Å². The molecular formula is C11H11F3N4O. The van der Waals surface area contributed by atoms with E-state index in [1.807, 2.05) is 6.20 Å². The second-order valence-corrected chi connectivity index (χ2v) is 4.09. The number of Topliss-reactive ketones (excluding diaryl/α,β-unsaturated/α-hetero) is 1. The first-order chi connectivity index (χ1) is 8.86. The minimum atomic E-state index is -4.86. The Morgan fingerprint density at radius 1 is 1.26 bits per heavy atom. The average Bonchev–Trinajstić information content (AvgIpc) is 2.93. The number of rotatable bonds is 4. The van der Waals surface area contributed by atoms with Gasteiger partial charge < -0.3 is 0 Å². The summed E-state index contributed by atoms with van der Waals surface area (Å²) in [5.41, 5.74) is 0.500. The molecule has 5 nitrogen and oxygen atoms in total. The number of ketones is 1. The van der Waals surface area contributed by atoms with Gasteiger partial charge in [0.2, 0.25) is 0 Å². The maximum Gasteiger partial charge on any atom is 0.454 e. The van der Waals surface area contributed by atoms with Crippen molar-refractivity contribution in [1.29, 1.82) is 0 Å². The summed E-state index contributed by atoms with van der Waals surface area (Å²) in [7, 11) is 1.78. The Balaban J connectivity index is 2.00. The molecule has 0 amide bonds. The van der Waals surface area contributed by atoms with Crippen LogP contribution in [0.1, 0.15) is 15.9 Å². The zero-order chi connectivity index (χ0) is 14.0. The Labute approximate surface area is 106 Å². The third kappa shape index (κ3) is 3.21. The highest BCUT2D eigenvalue weighted by Crippen LogP contribution is 2.20. The predicted octanol–water partition coefficient (Wildman–Crippen LogP) is 1.60. The monoisotopic (exact) mass is 272 g/mol. The average molecular weight is 272 g/mol. The molecule has 0 saturated heterocycles. The Morgan fingerprint density at radius 2 is 2.00 bits per heavy atom. The number of hydrogen-bond donors (Lipinski definition) is 0. The van der Waals surface area contributed by atoms with Gasteiger partial charge in [0.15, 0.2) is 0 Å². The van der Waals surface area contributed by atoms with E-state index in [4.69, 9.17) is 0 Å². The molecule has 2 aromatic rings. The molecule has 0 aromatic carbocycles. The highest BCUT2D eigenvalue weighted by molar-refractivity contribution is 5.99. The summed E-state index contributed by atoms with van der Waals surface area (Å²) >= 11 is 0. The first-order valence-electron chi connectivity index (χ1n) is 5.48. The predicted molar refractivity (Wildman–Crippen MR) is 59.5 cm³/mol. The molecule has 2 heterocycles. The minimum Gasteiger partial charge on any atom is -0.284 e. The maximum atomic E-state index is 12.2. The molecule has 0 atom stereocenters. The van der Waals surface area contributed by atoms with Crippen molar-refractivity contribution >= 4 is 5.78 Å². The molecule has 0 radical (unpaired) electrons. The fourth-order valence-electron chi connectivity index (χ4n) is 1.61. The summed E-state index contributed by atoms with van der Waals surface area (Å²) in [6, 6.07) is 0. The van der Waals surface area contributed by atoms with E-state index in [1.54, 1.807) is 17.9 Å². The summed E-state index contributed by atoms with van der Waals surface area (Å²) in [6.45, 7) is 0.386. The van der Waals surface area contributed by atoms with Gasteiger partial charge in [-0.25, -0.2) is 0 Å². The van der Waals surface area contributed by atoms with E-state index in [-0.39, 0.29) is 0 Å². The number of aromatic nitrogens is 4. The fraction of sp³-hybridized carbons (Fsp3) is 0.364. The van der Waals surface area contributed by atoms with Crippen molar-refractivity contribution in [2.24, 2.45) is 7.05 Å². The van der Waals surface area contributed by atoms with Crippen LogP contribution in [0.2, 0.25) is 0 Å². The van der Waals surface area contributed by atoms with Crippen molar-refractivity contribution in [3.8, 4) is 0 Å². The topological polar surface area (TPSA) is 52.7 Å². The molecular weight excluding hydrogens is 261 g/mol. The second kappa shape index (κ2) is 4.87. The van der Waals surface area contributed by atoms with Gasteiger partial charge in [0, 0.05) is 26.0 Å². The van der Waals surface area contributed by atoms with Crippen LogP contribution in [0.4, 0.5) is 13.2 Å². The fourth-order valence-corrected chi connectivity index (χ4v) is 1.61. The SMILES string of the molecule is Cn1cc(CCn2cc(C(=O)C(F)(F)F)cn2)cn1. The van der Waals surface area contributed by atoms with E-state index in [2.05, 4.69) is 10.2 Å². The molecule has 0 unspecified atom stereocenters. The third-order valence-electron chi connectivity index (χ3n) is 2.54. The number of hydrogen-bond acceptors (Lipinski definition) is 3. The van der Waals surface area contributed by atoms with Crippen molar-refractivity contribution in [3.05, 3.63) is 35.9 Å². The lowest BCUT2D eigenvalue weighted by atomic mass is 10.2. The number of nitrogens with zero attached hydrogens (tertiary/aromatic N) is 4. The lowest BCUT2D eigenvalue weighted by molar-refractivity contribution is -0.0885. The zero-order valence-corrected chi connectivity index (χ0v) is 10.1. The maximum absolute atomic E-state index is 12.2. The molecule has 0 N–H and O–H groups in total. The molecule has 0 spiro atoms. The van der Waals surface area contributed by atoms with Crippen LogP contribution in [0, 0.1) is 0 Å². The van der Waals surface area contributed by atoms with E-state index in [9.17, 15) is 18.0 Å². The van der Waals surface area contributed by atoms with Gasteiger partial charge in [-0.1, -0.05) is 0 Å². The number of aryl methyl sites for hydroxylation is 3. The van der Waals surface area contributed by atoms with Gasteiger partial charge in [-0.2, -0.15) is 23.4 Å². The smallest absolute Gasteiger partial charge is 0.284 e. The molecule has 0 aliphatic heterocycles. The second-order valence-electron chi connectivity index (χ2n) is 4.09. The molecule has 2 rings (SSSR count). The van der Waals surface area contributed by atoms with Gasteiger partial charge in [0.05, 0.1) is 18.0 Å². The van der Waals surface area contributed by atoms with E-state index < -0.39 is 17.5 Å². The molecule has 102 valence electrons.